The molecule has 2 heteroatoms. The highest BCUT2D eigenvalue weighted by Gasteiger charge is 2.25. The molecule has 0 rings (SSSR count). The maximum absolute atomic E-state index is 10.2. The minimum atomic E-state index is -1.06. The summed E-state index contributed by atoms with van der Waals surface area (Å²) in [5, 5.41) is 10.2. The van der Waals surface area contributed by atoms with Crippen LogP contribution in [-0.2, 0) is 0 Å². The molecule has 0 saturated carbocycles. The van der Waals surface area contributed by atoms with Crippen LogP contribution in [0.2, 0.25) is 25.7 Å². The van der Waals surface area contributed by atoms with Gasteiger partial charge in [0.1, 0.15) is 0 Å². The van der Waals surface area contributed by atoms with Gasteiger partial charge >= 0.3 is 0 Å². The summed E-state index contributed by atoms with van der Waals surface area (Å²) in [4.78, 5) is 0. The third-order valence-electron chi connectivity index (χ3n) is 2.68. The van der Waals surface area contributed by atoms with Gasteiger partial charge in [0, 0.05) is 8.07 Å². The second-order valence-corrected chi connectivity index (χ2v) is 11.1. The topological polar surface area (TPSA) is 20.2 Å². The molecular weight excluding hydrogens is 188 g/mol. The molecular formula is C12H26OSi. The van der Waals surface area contributed by atoms with Gasteiger partial charge in [-0.3, -0.25) is 0 Å². The normalized spacial score (nSPS) is 13.0. The fraction of sp³-hybridized carbons (Fsp3) is 0.833. The van der Waals surface area contributed by atoms with Crippen LogP contribution in [0.3, 0.4) is 0 Å². The number of aliphatic hydroxyl groups is 1. The molecule has 0 aliphatic carbocycles. The van der Waals surface area contributed by atoms with Gasteiger partial charge in [0.05, 0.1) is 5.60 Å². The fourth-order valence-electron chi connectivity index (χ4n) is 1.78. The van der Waals surface area contributed by atoms with E-state index in [1.165, 1.54) is 5.57 Å². The molecule has 0 aliphatic heterocycles. The Morgan fingerprint density at radius 1 is 1.21 bits per heavy atom. The quantitative estimate of drug-likeness (QED) is 0.526. The maximum Gasteiger partial charge on any atom is 0.0679 e. The minimum Gasteiger partial charge on any atom is -0.390 e. The van der Waals surface area contributed by atoms with Crippen LogP contribution in [0, 0.1) is 0 Å². The predicted molar refractivity (Wildman–Crippen MR) is 67.4 cm³/mol. The lowest BCUT2D eigenvalue weighted by molar-refractivity contribution is 0.0328. The molecule has 1 N–H and O–H groups in total. The molecule has 0 aromatic carbocycles. The molecule has 0 unspecified atom stereocenters. The van der Waals surface area contributed by atoms with Gasteiger partial charge in [0.25, 0.3) is 0 Å². The van der Waals surface area contributed by atoms with E-state index in [1.54, 1.807) is 0 Å². The van der Waals surface area contributed by atoms with E-state index in [-0.39, 0.29) is 0 Å². The Balaban J connectivity index is 4.18. The summed E-state index contributed by atoms with van der Waals surface area (Å²) in [6.07, 6.45) is 2.44. The third kappa shape index (κ3) is 5.61. The van der Waals surface area contributed by atoms with Crippen LogP contribution in [-0.4, -0.2) is 18.8 Å². The first-order chi connectivity index (χ1) is 6.22. The minimum absolute atomic E-state index is 0.503. The summed E-state index contributed by atoms with van der Waals surface area (Å²) in [6, 6.07) is 1.13. The molecule has 0 bridgehead atoms. The van der Waals surface area contributed by atoms with Crippen molar-refractivity contribution in [2.24, 2.45) is 0 Å². The maximum atomic E-state index is 10.2. The summed E-state index contributed by atoms with van der Waals surface area (Å²) >= 11 is 0. The van der Waals surface area contributed by atoms with E-state index in [9.17, 15) is 5.11 Å². The number of hydrogen-bond donors (Lipinski definition) is 1. The molecule has 0 aliphatic rings. The van der Waals surface area contributed by atoms with Crippen LogP contribution in [0.4, 0.5) is 0 Å². The van der Waals surface area contributed by atoms with Crippen LogP contribution < -0.4 is 0 Å². The van der Waals surface area contributed by atoms with Crippen molar-refractivity contribution in [2.45, 2.75) is 64.4 Å². The Morgan fingerprint density at radius 3 is 1.93 bits per heavy atom. The third-order valence-corrected chi connectivity index (χ3v) is 4.24. The van der Waals surface area contributed by atoms with Crippen molar-refractivity contribution in [3.8, 4) is 0 Å². The lowest BCUT2D eigenvalue weighted by atomic mass is 9.90. The molecule has 0 amide bonds. The monoisotopic (exact) mass is 214 g/mol. The van der Waals surface area contributed by atoms with Crippen LogP contribution in [0.25, 0.3) is 0 Å². The zero-order valence-corrected chi connectivity index (χ0v) is 11.5. The average molecular weight is 214 g/mol. The smallest absolute Gasteiger partial charge is 0.0679 e. The van der Waals surface area contributed by atoms with Crippen molar-refractivity contribution in [2.75, 3.05) is 0 Å². The zero-order valence-electron chi connectivity index (χ0n) is 10.5. The van der Waals surface area contributed by atoms with Crippen LogP contribution in [0.5, 0.6) is 0 Å². The zero-order chi connectivity index (χ0) is 11.4. The lowest BCUT2D eigenvalue weighted by Gasteiger charge is -2.28. The Labute approximate surface area is 90.2 Å². The molecule has 0 fully saturated rings. The highest BCUT2D eigenvalue weighted by Crippen LogP contribution is 2.27. The molecule has 0 heterocycles. The molecule has 0 atom stereocenters. The van der Waals surface area contributed by atoms with E-state index in [0.717, 1.165) is 25.3 Å². The van der Waals surface area contributed by atoms with E-state index in [1.807, 2.05) is 13.8 Å². The standard InChI is InChI=1S/C12H26OSi/c1-7-12(13,8-2)9-11(3)10-14(4,5)6/h13H,3,7-10H2,1-2,4-6H3. The highest BCUT2D eigenvalue weighted by atomic mass is 28.3. The summed E-state index contributed by atoms with van der Waals surface area (Å²) < 4.78 is 0. The van der Waals surface area contributed by atoms with Crippen molar-refractivity contribution in [3.05, 3.63) is 12.2 Å². The summed E-state index contributed by atoms with van der Waals surface area (Å²) in [5.74, 6) is 0. The van der Waals surface area contributed by atoms with E-state index >= 15 is 0 Å². The molecule has 84 valence electrons. The van der Waals surface area contributed by atoms with E-state index < -0.39 is 13.7 Å². The van der Waals surface area contributed by atoms with Crippen molar-refractivity contribution in [1.82, 2.24) is 0 Å². The Bertz CT molecular complexity index is 187. The van der Waals surface area contributed by atoms with Gasteiger partial charge in [0.2, 0.25) is 0 Å². The fourth-order valence-corrected chi connectivity index (χ4v) is 3.40. The van der Waals surface area contributed by atoms with Gasteiger partial charge in [-0.1, -0.05) is 39.1 Å². The Morgan fingerprint density at radius 2 is 1.64 bits per heavy atom. The van der Waals surface area contributed by atoms with Gasteiger partial charge in [-0.25, -0.2) is 0 Å². The van der Waals surface area contributed by atoms with Crippen LogP contribution in [0.15, 0.2) is 12.2 Å². The molecule has 14 heavy (non-hydrogen) atoms. The summed E-state index contributed by atoms with van der Waals surface area (Å²) in [7, 11) is -1.06. The predicted octanol–water partition coefficient (Wildman–Crippen LogP) is 3.82. The molecule has 1 nitrogen and oxygen atoms in total. The van der Waals surface area contributed by atoms with Gasteiger partial charge in [-0.2, -0.15) is 0 Å². The van der Waals surface area contributed by atoms with Crippen LogP contribution in [0.1, 0.15) is 33.1 Å². The van der Waals surface area contributed by atoms with Gasteiger partial charge in [0.15, 0.2) is 0 Å². The molecule has 0 saturated heterocycles. The molecule has 0 radical (unpaired) electrons. The largest absolute Gasteiger partial charge is 0.390 e. The van der Waals surface area contributed by atoms with Gasteiger partial charge in [-0.15, -0.1) is 6.58 Å². The first-order valence-corrected chi connectivity index (χ1v) is 9.32. The lowest BCUT2D eigenvalue weighted by Crippen LogP contribution is -2.29. The molecule has 0 aromatic rings. The molecule has 0 aromatic heterocycles. The number of hydrogen-bond acceptors (Lipinski definition) is 1. The van der Waals surface area contributed by atoms with E-state index in [0.29, 0.717) is 0 Å². The van der Waals surface area contributed by atoms with Crippen molar-refractivity contribution >= 4 is 8.07 Å². The second kappa shape index (κ2) is 5.13. The Kier molecular flexibility index (Phi) is 5.10. The van der Waals surface area contributed by atoms with Crippen molar-refractivity contribution in [1.29, 1.82) is 0 Å². The van der Waals surface area contributed by atoms with E-state index in [2.05, 4.69) is 26.2 Å². The summed E-state index contributed by atoms with van der Waals surface area (Å²) in [5.41, 5.74) is 0.729. The Hall–Kier alpha value is -0.0831. The summed E-state index contributed by atoms with van der Waals surface area (Å²) in [6.45, 7) is 15.2. The first kappa shape index (κ1) is 13.9. The first-order valence-electron chi connectivity index (χ1n) is 5.61. The highest BCUT2D eigenvalue weighted by molar-refractivity contribution is 6.76. The average Bonchev–Trinajstić information content (AvgIpc) is 2.00. The van der Waals surface area contributed by atoms with Crippen molar-refractivity contribution < 1.29 is 5.11 Å². The van der Waals surface area contributed by atoms with Gasteiger partial charge in [-0.05, 0) is 25.3 Å². The number of rotatable bonds is 6. The molecule has 0 spiro atoms. The van der Waals surface area contributed by atoms with Gasteiger partial charge < -0.3 is 5.11 Å². The van der Waals surface area contributed by atoms with Crippen molar-refractivity contribution in [3.63, 3.8) is 0 Å². The SMILES string of the molecule is C=C(CC(O)(CC)CC)C[Si](C)(C)C. The van der Waals surface area contributed by atoms with Crippen LogP contribution >= 0.6 is 0 Å². The second-order valence-electron chi connectivity index (χ2n) is 5.60. The van der Waals surface area contributed by atoms with E-state index in [4.69, 9.17) is 0 Å².